The van der Waals surface area contributed by atoms with Crippen molar-refractivity contribution in [1.29, 1.82) is 0 Å². The van der Waals surface area contributed by atoms with Gasteiger partial charge in [-0.15, -0.1) is 0 Å². The molecule has 1 aromatic rings. The topological polar surface area (TPSA) is 50.8 Å². The highest BCUT2D eigenvalue weighted by Crippen LogP contribution is 2.36. The van der Waals surface area contributed by atoms with Gasteiger partial charge in [0, 0.05) is 12.1 Å². The molecule has 140 valence electrons. The fourth-order valence-electron chi connectivity index (χ4n) is 2.98. The number of piperidine rings is 1. The first kappa shape index (κ1) is 20.0. The number of halogens is 1. The molecule has 0 atom stereocenters. The SMILES string of the molecule is CCCOc1c(Br)cc(C(=O)NCCCN2CCCCC2)cc1OC. The summed E-state index contributed by atoms with van der Waals surface area (Å²) in [6, 6.07) is 3.52. The summed E-state index contributed by atoms with van der Waals surface area (Å²) in [4.78, 5) is 14.9. The minimum atomic E-state index is -0.0836. The van der Waals surface area contributed by atoms with E-state index in [1.54, 1.807) is 19.2 Å². The smallest absolute Gasteiger partial charge is 0.251 e. The predicted molar refractivity (Wildman–Crippen MR) is 104 cm³/mol. The van der Waals surface area contributed by atoms with Gasteiger partial charge in [-0.05, 0) is 73.4 Å². The summed E-state index contributed by atoms with van der Waals surface area (Å²) >= 11 is 3.48. The number of nitrogens with zero attached hydrogens (tertiary/aromatic N) is 1. The van der Waals surface area contributed by atoms with Crippen LogP contribution in [0.25, 0.3) is 0 Å². The zero-order valence-electron chi connectivity index (χ0n) is 15.3. The molecule has 0 aliphatic carbocycles. The van der Waals surface area contributed by atoms with E-state index in [-0.39, 0.29) is 5.91 Å². The standard InChI is InChI=1S/C19H29BrN2O3/c1-3-12-25-18-16(20)13-15(14-17(18)24-2)19(23)21-8-7-11-22-9-5-4-6-10-22/h13-14H,3-12H2,1-2H3,(H,21,23). The Kier molecular flexibility index (Phi) is 8.55. The summed E-state index contributed by atoms with van der Waals surface area (Å²) < 4.78 is 11.8. The van der Waals surface area contributed by atoms with Crippen molar-refractivity contribution in [3.63, 3.8) is 0 Å². The van der Waals surface area contributed by atoms with Gasteiger partial charge < -0.3 is 19.7 Å². The molecule has 2 rings (SSSR count). The van der Waals surface area contributed by atoms with Gasteiger partial charge in [0.25, 0.3) is 5.91 Å². The van der Waals surface area contributed by atoms with E-state index >= 15 is 0 Å². The van der Waals surface area contributed by atoms with Crippen molar-refractivity contribution in [2.45, 2.75) is 39.0 Å². The van der Waals surface area contributed by atoms with E-state index in [4.69, 9.17) is 9.47 Å². The van der Waals surface area contributed by atoms with Crippen LogP contribution in [-0.4, -0.2) is 50.7 Å². The lowest BCUT2D eigenvalue weighted by molar-refractivity contribution is 0.0950. The Labute approximate surface area is 159 Å². The Hall–Kier alpha value is -1.27. The van der Waals surface area contributed by atoms with Crippen molar-refractivity contribution in [3.8, 4) is 11.5 Å². The number of amides is 1. The lowest BCUT2D eigenvalue weighted by Crippen LogP contribution is -2.33. The monoisotopic (exact) mass is 412 g/mol. The number of hydrogen-bond acceptors (Lipinski definition) is 4. The third-order valence-corrected chi connectivity index (χ3v) is 4.92. The fourth-order valence-corrected chi connectivity index (χ4v) is 3.54. The molecule has 0 aromatic heterocycles. The highest BCUT2D eigenvalue weighted by atomic mass is 79.9. The number of ether oxygens (including phenoxy) is 2. The lowest BCUT2D eigenvalue weighted by Gasteiger charge is -2.26. The number of carbonyl (C=O) groups excluding carboxylic acids is 1. The van der Waals surface area contributed by atoms with Crippen LogP contribution in [0.1, 0.15) is 49.4 Å². The summed E-state index contributed by atoms with van der Waals surface area (Å²) in [7, 11) is 1.58. The summed E-state index contributed by atoms with van der Waals surface area (Å²) in [5.41, 5.74) is 0.575. The largest absolute Gasteiger partial charge is 0.493 e. The molecule has 1 aliphatic rings. The van der Waals surface area contributed by atoms with Crippen LogP contribution in [0.4, 0.5) is 0 Å². The minimum absolute atomic E-state index is 0.0836. The first-order valence-electron chi connectivity index (χ1n) is 9.16. The van der Waals surface area contributed by atoms with Crippen molar-refractivity contribution in [2.24, 2.45) is 0 Å². The predicted octanol–water partition coefficient (Wildman–Crippen LogP) is 3.85. The number of carbonyl (C=O) groups is 1. The van der Waals surface area contributed by atoms with Crippen LogP contribution < -0.4 is 14.8 Å². The summed E-state index contributed by atoms with van der Waals surface area (Å²) in [6.45, 7) is 6.78. The van der Waals surface area contributed by atoms with Crippen LogP contribution in [-0.2, 0) is 0 Å². The zero-order chi connectivity index (χ0) is 18.1. The number of rotatable bonds is 9. The third kappa shape index (κ3) is 6.19. The Morgan fingerprint density at radius 1 is 1.28 bits per heavy atom. The zero-order valence-corrected chi connectivity index (χ0v) is 16.9. The van der Waals surface area contributed by atoms with Crippen molar-refractivity contribution in [1.82, 2.24) is 10.2 Å². The molecule has 25 heavy (non-hydrogen) atoms. The number of methoxy groups -OCH3 is 1. The van der Waals surface area contributed by atoms with Gasteiger partial charge in [-0.1, -0.05) is 13.3 Å². The van der Waals surface area contributed by atoms with Crippen LogP contribution >= 0.6 is 15.9 Å². The van der Waals surface area contributed by atoms with Gasteiger partial charge in [0.2, 0.25) is 0 Å². The molecule has 5 nitrogen and oxygen atoms in total. The van der Waals surface area contributed by atoms with Gasteiger partial charge >= 0.3 is 0 Å². The second-order valence-corrected chi connectivity index (χ2v) is 7.20. The summed E-state index contributed by atoms with van der Waals surface area (Å²) in [6.07, 6.45) is 5.83. The normalized spacial score (nSPS) is 15.0. The van der Waals surface area contributed by atoms with E-state index < -0.39 is 0 Å². The molecule has 0 radical (unpaired) electrons. The Balaban J connectivity index is 1.86. The third-order valence-electron chi connectivity index (χ3n) is 4.33. The molecular formula is C19H29BrN2O3. The van der Waals surface area contributed by atoms with Crippen LogP contribution in [0.5, 0.6) is 11.5 Å². The fraction of sp³-hybridized carbons (Fsp3) is 0.632. The van der Waals surface area contributed by atoms with Gasteiger partial charge in [0.15, 0.2) is 11.5 Å². The number of benzene rings is 1. The van der Waals surface area contributed by atoms with E-state index in [2.05, 4.69) is 26.1 Å². The molecule has 0 unspecified atom stereocenters. The number of nitrogens with one attached hydrogen (secondary N) is 1. The van der Waals surface area contributed by atoms with Gasteiger partial charge in [-0.2, -0.15) is 0 Å². The van der Waals surface area contributed by atoms with E-state index in [1.165, 1.54) is 32.4 Å². The molecule has 0 spiro atoms. The highest BCUT2D eigenvalue weighted by molar-refractivity contribution is 9.10. The first-order valence-corrected chi connectivity index (χ1v) is 9.96. The molecule has 0 bridgehead atoms. The van der Waals surface area contributed by atoms with E-state index in [0.717, 1.165) is 23.9 Å². The van der Waals surface area contributed by atoms with Crippen LogP contribution in [0.15, 0.2) is 16.6 Å². The molecule has 6 heteroatoms. The maximum Gasteiger partial charge on any atom is 0.251 e. The molecule has 1 fully saturated rings. The van der Waals surface area contributed by atoms with Crippen LogP contribution in [0.2, 0.25) is 0 Å². The van der Waals surface area contributed by atoms with E-state index in [9.17, 15) is 4.79 Å². The number of hydrogen-bond donors (Lipinski definition) is 1. The molecule has 0 saturated carbocycles. The van der Waals surface area contributed by atoms with Gasteiger partial charge in [0.1, 0.15) is 0 Å². The maximum atomic E-state index is 12.4. The van der Waals surface area contributed by atoms with Crippen LogP contribution in [0, 0.1) is 0 Å². The van der Waals surface area contributed by atoms with Crippen molar-refractivity contribution in [2.75, 3.05) is 39.9 Å². The second kappa shape index (κ2) is 10.7. The Morgan fingerprint density at radius 3 is 2.72 bits per heavy atom. The first-order chi connectivity index (χ1) is 12.2. The Morgan fingerprint density at radius 2 is 2.04 bits per heavy atom. The summed E-state index contributed by atoms with van der Waals surface area (Å²) in [5, 5.41) is 3.00. The van der Waals surface area contributed by atoms with Gasteiger partial charge in [-0.25, -0.2) is 0 Å². The molecule has 1 N–H and O–H groups in total. The van der Waals surface area contributed by atoms with Gasteiger partial charge in [0.05, 0.1) is 18.2 Å². The van der Waals surface area contributed by atoms with Crippen molar-refractivity contribution in [3.05, 3.63) is 22.2 Å². The van der Waals surface area contributed by atoms with E-state index in [0.29, 0.717) is 30.2 Å². The summed E-state index contributed by atoms with van der Waals surface area (Å²) in [5.74, 6) is 1.13. The highest BCUT2D eigenvalue weighted by Gasteiger charge is 2.15. The molecule has 1 heterocycles. The molecular weight excluding hydrogens is 384 g/mol. The van der Waals surface area contributed by atoms with Gasteiger partial charge in [-0.3, -0.25) is 4.79 Å². The Bertz CT molecular complexity index is 560. The molecule has 1 amide bonds. The molecule has 1 aromatic carbocycles. The van der Waals surface area contributed by atoms with Crippen molar-refractivity contribution >= 4 is 21.8 Å². The minimum Gasteiger partial charge on any atom is -0.493 e. The van der Waals surface area contributed by atoms with E-state index in [1.807, 2.05) is 6.92 Å². The number of likely N-dealkylation sites (tertiary alicyclic amines) is 1. The van der Waals surface area contributed by atoms with Crippen molar-refractivity contribution < 1.29 is 14.3 Å². The quantitative estimate of drug-likeness (QED) is 0.625. The average molecular weight is 413 g/mol. The maximum absolute atomic E-state index is 12.4. The average Bonchev–Trinajstić information content (AvgIpc) is 2.64. The second-order valence-electron chi connectivity index (χ2n) is 6.35. The van der Waals surface area contributed by atoms with Crippen LogP contribution in [0.3, 0.4) is 0 Å². The lowest BCUT2D eigenvalue weighted by atomic mass is 10.1. The molecule has 1 saturated heterocycles. The molecule has 1 aliphatic heterocycles.